The summed E-state index contributed by atoms with van der Waals surface area (Å²) in [4.78, 5) is 21.8. The molecule has 0 aromatic heterocycles. The number of benzene rings is 2. The maximum Gasteiger partial charge on any atom is 0.335 e. The van der Waals surface area contributed by atoms with Gasteiger partial charge in [0.1, 0.15) is 11.6 Å². The molecule has 0 aliphatic heterocycles. The SMILES string of the molecule is C=C(C)C(=O)OCCCCCOc1ccc(C(=O)O)cc1.Nc1ccc(F)cc1. The Labute approximate surface area is 169 Å². The Balaban J connectivity index is 0.000000436. The van der Waals surface area contributed by atoms with Crippen LogP contribution in [0.3, 0.4) is 0 Å². The molecule has 7 heteroatoms. The molecule has 3 N–H and O–H groups in total. The number of unbranched alkanes of at least 4 members (excludes halogenated alkanes) is 2. The number of nitrogen functional groups attached to an aromatic ring is 1. The smallest absolute Gasteiger partial charge is 0.335 e. The summed E-state index contributed by atoms with van der Waals surface area (Å²) < 4.78 is 22.5. The molecule has 0 bridgehead atoms. The Hall–Kier alpha value is -3.35. The molecule has 2 rings (SSSR count). The van der Waals surface area contributed by atoms with Gasteiger partial charge in [-0.2, -0.15) is 0 Å². The first kappa shape index (κ1) is 23.7. The Bertz CT molecular complexity index is 767. The first-order chi connectivity index (χ1) is 13.8. The Morgan fingerprint density at radius 1 is 1.00 bits per heavy atom. The molecule has 2 aromatic carbocycles. The van der Waals surface area contributed by atoms with Crippen LogP contribution in [0.5, 0.6) is 5.75 Å². The van der Waals surface area contributed by atoms with Gasteiger partial charge in [0.15, 0.2) is 0 Å². The maximum atomic E-state index is 12.0. The average molecular weight is 403 g/mol. The molecule has 0 spiro atoms. The first-order valence-electron chi connectivity index (χ1n) is 9.09. The molecule has 2 aromatic rings. The molecule has 0 fully saturated rings. The molecule has 0 aliphatic carbocycles. The van der Waals surface area contributed by atoms with Crippen molar-refractivity contribution < 1.29 is 28.6 Å². The van der Waals surface area contributed by atoms with Gasteiger partial charge in [-0.15, -0.1) is 0 Å². The van der Waals surface area contributed by atoms with Gasteiger partial charge in [-0.25, -0.2) is 14.0 Å². The minimum Gasteiger partial charge on any atom is -0.494 e. The van der Waals surface area contributed by atoms with E-state index in [1.807, 2.05) is 0 Å². The van der Waals surface area contributed by atoms with Gasteiger partial charge in [-0.3, -0.25) is 0 Å². The summed E-state index contributed by atoms with van der Waals surface area (Å²) in [6.07, 6.45) is 2.50. The lowest BCUT2D eigenvalue weighted by atomic mass is 10.2. The van der Waals surface area contributed by atoms with Gasteiger partial charge >= 0.3 is 11.9 Å². The van der Waals surface area contributed by atoms with Gasteiger partial charge in [-0.1, -0.05) is 6.58 Å². The molecule has 29 heavy (non-hydrogen) atoms. The van der Waals surface area contributed by atoms with Gasteiger partial charge in [0, 0.05) is 11.3 Å². The number of nitrogens with two attached hydrogens (primary N) is 1. The zero-order chi connectivity index (χ0) is 21.6. The van der Waals surface area contributed by atoms with Crippen LogP contribution in [0.15, 0.2) is 60.7 Å². The Kier molecular flexibility index (Phi) is 10.6. The van der Waals surface area contributed by atoms with Gasteiger partial charge in [0.2, 0.25) is 0 Å². The monoisotopic (exact) mass is 403 g/mol. The highest BCUT2D eigenvalue weighted by Gasteiger charge is 2.03. The second-order valence-electron chi connectivity index (χ2n) is 6.21. The fraction of sp³-hybridized carbons (Fsp3) is 0.273. The summed E-state index contributed by atoms with van der Waals surface area (Å²) in [5, 5.41) is 8.76. The molecule has 0 amide bonds. The van der Waals surface area contributed by atoms with Crippen molar-refractivity contribution in [3.63, 3.8) is 0 Å². The van der Waals surface area contributed by atoms with E-state index < -0.39 is 5.97 Å². The molecule has 0 aliphatic rings. The number of carboxylic acids is 1. The van der Waals surface area contributed by atoms with Crippen molar-refractivity contribution in [2.45, 2.75) is 26.2 Å². The lowest BCUT2D eigenvalue weighted by Gasteiger charge is -2.07. The van der Waals surface area contributed by atoms with E-state index in [9.17, 15) is 14.0 Å². The van der Waals surface area contributed by atoms with Crippen molar-refractivity contribution in [3.8, 4) is 5.75 Å². The number of carbonyl (C=O) groups is 2. The number of hydrogen-bond donors (Lipinski definition) is 2. The van der Waals surface area contributed by atoms with Crippen LogP contribution in [0.25, 0.3) is 0 Å². The van der Waals surface area contributed by atoms with Crippen molar-refractivity contribution >= 4 is 17.6 Å². The number of ether oxygens (including phenoxy) is 2. The molecule has 156 valence electrons. The van der Waals surface area contributed by atoms with Crippen molar-refractivity contribution in [2.24, 2.45) is 0 Å². The zero-order valence-electron chi connectivity index (χ0n) is 16.4. The fourth-order valence-corrected chi connectivity index (χ4v) is 2.02. The summed E-state index contributed by atoms with van der Waals surface area (Å²) in [5.41, 5.74) is 6.49. The summed E-state index contributed by atoms with van der Waals surface area (Å²) in [6.45, 7) is 6.05. The lowest BCUT2D eigenvalue weighted by Crippen LogP contribution is -2.06. The van der Waals surface area contributed by atoms with Crippen LogP contribution >= 0.6 is 0 Å². The normalized spacial score (nSPS) is 9.72. The number of anilines is 1. The minimum absolute atomic E-state index is 0.238. The molecule has 6 nitrogen and oxygen atoms in total. The number of hydrogen-bond acceptors (Lipinski definition) is 5. The van der Waals surface area contributed by atoms with Crippen LogP contribution in [0.4, 0.5) is 10.1 Å². The minimum atomic E-state index is -0.953. The van der Waals surface area contributed by atoms with Crippen LogP contribution < -0.4 is 10.5 Å². The highest BCUT2D eigenvalue weighted by molar-refractivity contribution is 5.87. The third kappa shape index (κ3) is 10.5. The summed E-state index contributed by atoms with van der Waals surface area (Å²) in [7, 11) is 0. The van der Waals surface area contributed by atoms with Gasteiger partial charge in [0.05, 0.1) is 18.8 Å². The van der Waals surface area contributed by atoms with E-state index in [0.717, 1.165) is 19.3 Å². The Morgan fingerprint density at radius 2 is 1.59 bits per heavy atom. The highest BCUT2D eigenvalue weighted by Crippen LogP contribution is 2.13. The van der Waals surface area contributed by atoms with E-state index in [-0.39, 0.29) is 17.3 Å². The average Bonchev–Trinajstić information content (AvgIpc) is 2.70. The van der Waals surface area contributed by atoms with E-state index in [1.165, 1.54) is 36.4 Å². The van der Waals surface area contributed by atoms with E-state index >= 15 is 0 Å². The highest BCUT2D eigenvalue weighted by atomic mass is 19.1. The van der Waals surface area contributed by atoms with Crippen molar-refractivity contribution in [1.82, 2.24) is 0 Å². The Morgan fingerprint density at radius 3 is 2.10 bits per heavy atom. The van der Waals surface area contributed by atoms with Crippen LogP contribution in [0.2, 0.25) is 0 Å². The number of carboxylic acid groups (broad SMARTS) is 1. The third-order valence-corrected chi connectivity index (χ3v) is 3.61. The quantitative estimate of drug-likeness (QED) is 0.278. The van der Waals surface area contributed by atoms with Crippen LogP contribution in [0, 0.1) is 5.82 Å². The van der Waals surface area contributed by atoms with Gasteiger partial charge < -0.3 is 20.3 Å². The van der Waals surface area contributed by atoms with Crippen molar-refractivity contribution in [1.29, 1.82) is 0 Å². The number of carbonyl (C=O) groups excluding carboxylic acids is 1. The number of rotatable bonds is 9. The second kappa shape index (κ2) is 12.9. The van der Waals surface area contributed by atoms with Crippen molar-refractivity contribution in [2.75, 3.05) is 18.9 Å². The summed E-state index contributed by atoms with van der Waals surface area (Å²) in [6, 6.07) is 12.0. The van der Waals surface area contributed by atoms with Gasteiger partial charge in [0.25, 0.3) is 0 Å². The molecular formula is C22H26FNO5. The topological polar surface area (TPSA) is 98.8 Å². The second-order valence-corrected chi connectivity index (χ2v) is 6.21. The third-order valence-electron chi connectivity index (χ3n) is 3.61. The van der Waals surface area contributed by atoms with Crippen molar-refractivity contribution in [3.05, 3.63) is 72.1 Å². The summed E-state index contributed by atoms with van der Waals surface area (Å²) >= 11 is 0. The van der Waals surface area contributed by atoms with E-state index in [4.69, 9.17) is 20.3 Å². The molecule has 0 unspecified atom stereocenters. The molecule has 0 atom stereocenters. The van der Waals surface area contributed by atoms with Crippen LogP contribution in [-0.2, 0) is 9.53 Å². The van der Waals surface area contributed by atoms with Crippen LogP contribution in [0.1, 0.15) is 36.5 Å². The van der Waals surface area contributed by atoms with E-state index in [2.05, 4.69) is 6.58 Å². The predicted octanol–water partition coefficient (Wildman–Crippen LogP) is 4.46. The standard InChI is InChI=1S/C16H20O5.C6H6FN/c1-12(2)16(19)21-11-5-3-4-10-20-14-8-6-13(7-9-14)15(17)18;7-5-1-3-6(8)4-2-5/h6-9H,1,3-5,10-11H2,2H3,(H,17,18);1-4H,8H2. The van der Waals surface area contributed by atoms with Gasteiger partial charge in [-0.05, 0) is 74.7 Å². The molecule has 0 heterocycles. The summed E-state index contributed by atoms with van der Waals surface area (Å²) in [5.74, 6) is -0.913. The van der Waals surface area contributed by atoms with E-state index in [0.29, 0.717) is 30.2 Å². The maximum absolute atomic E-state index is 12.0. The first-order valence-corrected chi connectivity index (χ1v) is 9.09. The molecular weight excluding hydrogens is 377 g/mol. The lowest BCUT2D eigenvalue weighted by molar-refractivity contribution is -0.139. The fourth-order valence-electron chi connectivity index (χ4n) is 2.02. The van der Waals surface area contributed by atoms with E-state index in [1.54, 1.807) is 19.1 Å². The number of aromatic carboxylic acids is 1. The zero-order valence-corrected chi connectivity index (χ0v) is 16.4. The predicted molar refractivity (Wildman–Crippen MR) is 109 cm³/mol. The molecule has 0 radical (unpaired) electrons. The van der Waals surface area contributed by atoms with Crippen LogP contribution in [-0.4, -0.2) is 30.3 Å². The largest absolute Gasteiger partial charge is 0.494 e. The number of halogens is 1. The molecule has 0 saturated carbocycles. The molecule has 0 saturated heterocycles. The number of esters is 1.